The number of hydrogen-bond acceptors (Lipinski definition) is 4. The van der Waals surface area contributed by atoms with Crippen LogP contribution in [0.25, 0.3) is 5.57 Å². The quantitative estimate of drug-likeness (QED) is 0.483. The van der Waals surface area contributed by atoms with Gasteiger partial charge in [-0.2, -0.15) is 0 Å². The van der Waals surface area contributed by atoms with E-state index in [-0.39, 0.29) is 0 Å². The molecule has 1 aromatic rings. The fraction of sp³-hybridized carbons (Fsp3) is 0.400. The van der Waals surface area contributed by atoms with E-state index in [4.69, 9.17) is 16.9 Å². The summed E-state index contributed by atoms with van der Waals surface area (Å²) in [5.74, 6) is 0.804. The number of rotatable bonds is 5. The predicted octanol–water partition coefficient (Wildman–Crippen LogP) is 2.62. The van der Waals surface area contributed by atoms with Gasteiger partial charge in [-0.25, -0.2) is 0 Å². The van der Waals surface area contributed by atoms with E-state index < -0.39 is 0 Å². The Kier molecular flexibility index (Phi) is 3.79. The van der Waals surface area contributed by atoms with Crippen molar-refractivity contribution in [2.24, 2.45) is 5.92 Å². The molecule has 0 aromatic heterocycles. The van der Waals surface area contributed by atoms with Crippen LogP contribution in [-0.2, 0) is 0 Å². The van der Waals surface area contributed by atoms with Crippen molar-refractivity contribution in [2.45, 2.75) is 26.7 Å². The molecule has 102 valence electrons. The number of benzene rings is 1. The van der Waals surface area contributed by atoms with Gasteiger partial charge >= 0.3 is 0 Å². The van der Waals surface area contributed by atoms with Crippen LogP contribution in [0.15, 0.2) is 23.9 Å². The van der Waals surface area contributed by atoms with Gasteiger partial charge in [0.05, 0.1) is 11.4 Å². The van der Waals surface area contributed by atoms with E-state index in [1.165, 1.54) is 12.8 Å². The Bertz CT molecular complexity index is 527. The average molecular weight is 258 g/mol. The van der Waals surface area contributed by atoms with E-state index in [1.807, 2.05) is 19.1 Å². The van der Waals surface area contributed by atoms with Gasteiger partial charge in [0.15, 0.2) is 0 Å². The van der Waals surface area contributed by atoms with Crippen molar-refractivity contribution in [3.63, 3.8) is 0 Å². The van der Waals surface area contributed by atoms with E-state index in [2.05, 4.69) is 5.32 Å². The summed E-state index contributed by atoms with van der Waals surface area (Å²) in [5, 5.41) is 11.4. The maximum Gasteiger partial charge on any atom is 0.0554 e. The molecule has 0 bridgehead atoms. The van der Waals surface area contributed by atoms with E-state index >= 15 is 0 Å². The third-order valence-corrected chi connectivity index (χ3v) is 3.48. The highest BCUT2D eigenvalue weighted by molar-refractivity contribution is 6.22. The van der Waals surface area contributed by atoms with Gasteiger partial charge in [-0.15, -0.1) is 0 Å². The zero-order valence-corrected chi connectivity index (χ0v) is 11.6. The van der Waals surface area contributed by atoms with Gasteiger partial charge in [-0.1, -0.05) is 6.07 Å². The lowest BCUT2D eigenvalue weighted by Crippen LogP contribution is -2.17. The van der Waals surface area contributed by atoms with Crippen LogP contribution >= 0.6 is 0 Å². The third kappa shape index (κ3) is 3.28. The molecule has 19 heavy (non-hydrogen) atoms. The van der Waals surface area contributed by atoms with Gasteiger partial charge < -0.3 is 22.2 Å². The first-order chi connectivity index (χ1) is 8.99. The standard InChI is InChI=1S/C15H22N4/c1-9(16)15(10(2)19-8-11-3-4-11)12-5-6-13(17)14(18)7-12/h5-7,11,16,19H,3-4,8,17-18H2,1-2H3/b15-10+,16-9?. The van der Waals surface area contributed by atoms with Crippen LogP contribution in [0.2, 0.25) is 0 Å². The van der Waals surface area contributed by atoms with E-state index in [1.54, 1.807) is 13.0 Å². The van der Waals surface area contributed by atoms with Gasteiger partial charge in [0.2, 0.25) is 0 Å². The number of nitrogens with two attached hydrogens (primary N) is 2. The van der Waals surface area contributed by atoms with E-state index in [0.29, 0.717) is 17.1 Å². The Morgan fingerprint density at radius 2 is 1.95 bits per heavy atom. The van der Waals surface area contributed by atoms with Gasteiger partial charge in [0.1, 0.15) is 0 Å². The molecule has 0 aliphatic heterocycles. The fourth-order valence-corrected chi connectivity index (χ4v) is 2.15. The molecule has 0 radical (unpaired) electrons. The molecule has 6 N–H and O–H groups in total. The number of anilines is 2. The summed E-state index contributed by atoms with van der Waals surface area (Å²) in [6, 6.07) is 5.55. The summed E-state index contributed by atoms with van der Waals surface area (Å²) < 4.78 is 0. The molecule has 0 amide bonds. The van der Waals surface area contributed by atoms with Crippen LogP contribution in [0.4, 0.5) is 11.4 Å². The molecule has 1 fully saturated rings. The zero-order valence-electron chi connectivity index (χ0n) is 11.6. The van der Waals surface area contributed by atoms with Gasteiger partial charge in [-0.3, -0.25) is 0 Å². The summed E-state index contributed by atoms with van der Waals surface area (Å²) in [4.78, 5) is 0. The number of hydrogen-bond donors (Lipinski definition) is 4. The highest BCUT2D eigenvalue weighted by Gasteiger charge is 2.21. The average Bonchev–Trinajstić information content (AvgIpc) is 3.15. The van der Waals surface area contributed by atoms with Crippen molar-refractivity contribution in [1.29, 1.82) is 5.41 Å². The molecule has 1 aromatic carbocycles. The van der Waals surface area contributed by atoms with Crippen molar-refractivity contribution in [3.8, 4) is 0 Å². The molecule has 0 spiro atoms. The van der Waals surface area contributed by atoms with Crippen molar-refractivity contribution in [1.82, 2.24) is 5.32 Å². The lowest BCUT2D eigenvalue weighted by molar-refractivity contribution is 0.719. The largest absolute Gasteiger partial charge is 0.397 e. The molecule has 4 nitrogen and oxygen atoms in total. The van der Waals surface area contributed by atoms with Crippen molar-refractivity contribution >= 4 is 22.7 Å². The van der Waals surface area contributed by atoms with Crippen LogP contribution in [0.3, 0.4) is 0 Å². The molecular weight excluding hydrogens is 236 g/mol. The lowest BCUT2D eigenvalue weighted by atomic mass is 9.99. The van der Waals surface area contributed by atoms with Crippen molar-refractivity contribution < 1.29 is 0 Å². The lowest BCUT2D eigenvalue weighted by Gasteiger charge is -2.14. The summed E-state index contributed by atoms with van der Waals surface area (Å²) in [6.45, 7) is 4.81. The molecule has 1 saturated carbocycles. The molecule has 0 saturated heterocycles. The SMILES string of the molecule is CC(=N)/C(=C(/C)NCC1CC1)c1ccc(N)c(N)c1. The second kappa shape index (κ2) is 5.34. The summed E-state index contributed by atoms with van der Waals surface area (Å²) in [7, 11) is 0. The van der Waals surface area contributed by atoms with Gasteiger partial charge in [-0.05, 0) is 50.3 Å². The monoisotopic (exact) mass is 258 g/mol. The fourth-order valence-electron chi connectivity index (χ4n) is 2.15. The molecule has 0 unspecified atom stereocenters. The summed E-state index contributed by atoms with van der Waals surface area (Å²) in [6.07, 6.45) is 2.63. The minimum atomic E-state index is 0.532. The number of allylic oxidation sites excluding steroid dienone is 2. The maximum atomic E-state index is 7.98. The minimum absolute atomic E-state index is 0.532. The van der Waals surface area contributed by atoms with Gasteiger partial charge in [0.25, 0.3) is 0 Å². The van der Waals surface area contributed by atoms with Crippen LogP contribution in [0.5, 0.6) is 0 Å². The van der Waals surface area contributed by atoms with Crippen LogP contribution < -0.4 is 16.8 Å². The zero-order chi connectivity index (χ0) is 14.0. The third-order valence-electron chi connectivity index (χ3n) is 3.48. The topological polar surface area (TPSA) is 87.9 Å². The van der Waals surface area contributed by atoms with Gasteiger partial charge in [0, 0.05) is 23.5 Å². The Labute approximate surface area is 114 Å². The minimum Gasteiger partial charge on any atom is -0.397 e. The van der Waals surface area contributed by atoms with Crippen LogP contribution in [0.1, 0.15) is 32.3 Å². The molecule has 1 aliphatic carbocycles. The van der Waals surface area contributed by atoms with Crippen LogP contribution in [0, 0.1) is 11.3 Å². The molecule has 0 heterocycles. The molecular formula is C15H22N4. The smallest absolute Gasteiger partial charge is 0.0554 e. The Morgan fingerprint density at radius 1 is 1.26 bits per heavy atom. The second-order valence-corrected chi connectivity index (χ2v) is 5.29. The highest BCUT2D eigenvalue weighted by Crippen LogP contribution is 2.29. The molecule has 4 heteroatoms. The Hall–Kier alpha value is -1.97. The Morgan fingerprint density at radius 3 is 2.47 bits per heavy atom. The molecule has 0 atom stereocenters. The molecule has 2 rings (SSSR count). The first-order valence-corrected chi connectivity index (χ1v) is 6.64. The maximum absolute atomic E-state index is 7.98. The normalized spacial score (nSPS) is 15.9. The number of nitrogen functional groups attached to an aromatic ring is 2. The van der Waals surface area contributed by atoms with E-state index in [9.17, 15) is 0 Å². The van der Waals surface area contributed by atoms with E-state index in [0.717, 1.165) is 29.3 Å². The second-order valence-electron chi connectivity index (χ2n) is 5.29. The van der Waals surface area contributed by atoms with Crippen molar-refractivity contribution in [3.05, 3.63) is 29.5 Å². The summed E-state index contributed by atoms with van der Waals surface area (Å²) >= 11 is 0. The Balaban J connectivity index is 2.29. The first kappa shape index (κ1) is 13.5. The number of nitrogens with one attached hydrogen (secondary N) is 2. The highest BCUT2D eigenvalue weighted by atomic mass is 14.9. The first-order valence-electron chi connectivity index (χ1n) is 6.64. The van der Waals surface area contributed by atoms with Crippen molar-refractivity contribution in [2.75, 3.05) is 18.0 Å². The van der Waals surface area contributed by atoms with Crippen LogP contribution in [-0.4, -0.2) is 12.3 Å². The predicted molar refractivity (Wildman–Crippen MR) is 82.0 cm³/mol. The summed E-state index contributed by atoms with van der Waals surface area (Å²) in [5.41, 5.74) is 16.1. The molecule has 1 aliphatic rings.